The van der Waals surface area contributed by atoms with E-state index in [1.165, 1.54) is 35.3 Å². The lowest BCUT2D eigenvalue weighted by Gasteiger charge is -2.32. The number of aromatic nitrogens is 4. The van der Waals surface area contributed by atoms with Gasteiger partial charge in [0.1, 0.15) is 6.33 Å². The molecule has 9 nitrogen and oxygen atoms in total. The molecule has 1 atom stereocenters. The molecule has 0 saturated carbocycles. The number of carbonyl (C=O) groups is 1. The monoisotopic (exact) mass is 440 g/mol. The van der Waals surface area contributed by atoms with Crippen LogP contribution in [-0.4, -0.2) is 51.4 Å². The van der Waals surface area contributed by atoms with E-state index >= 15 is 0 Å². The number of hydrogen-bond acceptors (Lipinski definition) is 6. The van der Waals surface area contributed by atoms with Crippen molar-refractivity contribution >= 4 is 21.6 Å². The number of nitrogens with zero attached hydrogens (tertiary/aromatic N) is 5. The van der Waals surface area contributed by atoms with Gasteiger partial charge in [0.15, 0.2) is 0 Å². The van der Waals surface area contributed by atoms with Crippen LogP contribution in [0.3, 0.4) is 0 Å². The average Bonchev–Trinajstić information content (AvgIpc) is 3.30. The van der Waals surface area contributed by atoms with E-state index in [1.807, 2.05) is 19.9 Å². The second-order valence-corrected chi connectivity index (χ2v) is 9.59. The summed E-state index contributed by atoms with van der Waals surface area (Å²) in [6.45, 7) is 4.39. The molecule has 0 aliphatic carbocycles. The Hall–Kier alpha value is -3.11. The largest absolute Gasteiger partial charge is 0.322 e. The van der Waals surface area contributed by atoms with E-state index in [4.69, 9.17) is 0 Å². The molecule has 0 spiro atoms. The van der Waals surface area contributed by atoms with Gasteiger partial charge in [-0.25, -0.2) is 13.1 Å². The molecule has 2 aromatic carbocycles. The SMILES string of the molecule is Cc1ccc(NC(=O)c2ccc(S(=O)(=O)N3CCCCC3C)cc2)cc1-n1cnnn1. The number of benzene rings is 2. The third-order valence-electron chi connectivity index (χ3n) is 5.53. The molecule has 0 bridgehead atoms. The summed E-state index contributed by atoms with van der Waals surface area (Å²) in [6, 6.07) is 11.5. The van der Waals surface area contributed by atoms with Crippen LogP contribution in [0.1, 0.15) is 42.1 Å². The number of amides is 1. The van der Waals surface area contributed by atoms with Crippen LogP contribution in [0.25, 0.3) is 5.69 Å². The van der Waals surface area contributed by atoms with Crippen molar-refractivity contribution in [3.8, 4) is 5.69 Å². The van der Waals surface area contributed by atoms with Gasteiger partial charge in [-0.15, -0.1) is 5.10 Å². The van der Waals surface area contributed by atoms with E-state index in [9.17, 15) is 13.2 Å². The number of carbonyl (C=O) groups excluding carboxylic acids is 1. The molecule has 2 heterocycles. The molecule has 3 aromatic rings. The first-order valence-corrected chi connectivity index (χ1v) is 11.6. The van der Waals surface area contributed by atoms with Gasteiger partial charge in [0.2, 0.25) is 10.0 Å². The second-order valence-electron chi connectivity index (χ2n) is 7.69. The number of tetrazole rings is 1. The lowest BCUT2D eigenvalue weighted by molar-refractivity contribution is 0.102. The van der Waals surface area contributed by atoms with E-state index in [-0.39, 0.29) is 16.8 Å². The summed E-state index contributed by atoms with van der Waals surface area (Å²) >= 11 is 0. The van der Waals surface area contributed by atoms with Crippen molar-refractivity contribution in [1.29, 1.82) is 0 Å². The molecule has 1 aromatic heterocycles. The quantitative estimate of drug-likeness (QED) is 0.653. The van der Waals surface area contributed by atoms with Crippen molar-refractivity contribution in [3.05, 3.63) is 59.9 Å². The Morgan fingerprint density at radius 2 is 1.90 bits per heavy atom. The number of piperidine rings is 1. The highest BCUT2D eigenvalue weighted by Gasteiger charge is 2.30. The van der Waals surface area contributed by atoms with Crippen LogP contribution in [0.4, 0.5) is 5.69 Å². The molecule has 0 radical (unpaired) electrons. The minimum Gasteiger partial charge on any atom is -0.322 e. The number of hydrogen-bond donors (Lipinski definition) is 1. The van der Waals surface area contributed by atoms with Crippen LogP contribution < -0.4 is 5.32 Å². The molecule has 1 fully saturated rings. The average molecular weight is 441 g/mol. The summed E-state index contributed by atoms with van der Waals surface area (Å²) in [4.78, 5) is 12.9. The number of anilines is 1. The van der Waals surface area contributed by atoms with Crippen LogP contribution in [0.2, 0.25) is 0 Å². The summed E-state index contributed by atoms with van der Waals surface area (Å²) < 4.78 is 29.0. The minimum atomic E-state index is -3.57. The number of nitrogens with one attached hydrogen (secondary N) is 1. The van der Waals surface area contributed by atoms with Crippen molar-refractivity contribution in [2.24, 2.45) is 0 Å². The van der Waals surface area contributed by atoms with Gasteiger partial charge >= 0.3 is 0 Å². The van der Waals surface area contributed by atoms with E-state index in [1.54, 1.807) is 16.4 Å². The fourth-order valence-corrected chi connectivity index (χ4v) is 5.45. The zero-order valence-corrected chi connectivity index (χ0v) is 18.2. The Bertz CT molecular complexity index is 1180. The highest BCUT2D eigenvalue weighted by atomic mass is 32.2. The molecular formula is C21H24N6O3S. The van der Waals surface area contributed by atoms with Crippen molar-refractivity contribution in [3.63, 3.8) is 0 Å². The summed E-state index contributed by atoms with van der Waals surface area (Å²) in [5.74, 6) is -0.332. The first-order valence-electron chi connectivity index (χ1n) is 10.1. The van der Waals surface area contributed by atoms with Gasteiger partial charge in [-0.05, 0) is 79.1 Å². The number of rotatable bonds is 5. The molecule has 1 N–H and O–H groups in total. The molecule has 10 heteroatoms. The van der Waals surface area contributed by atoms with Crippen molar-refractivity contribution in [2.75, 3.05) is 11.9 Å². The maximum atomic E-state index is 13.0. The van der Waals surface area contributed by atoms with Gasteiger partial charge in [-0.2, -0.15) is 4.31 Å². The summed E-state index contributed by atoms with van der Waals surface area (Å²) in [6.07, 6.45) is 4.26. The van der Waals surface area contributed by atoms with Crippen LogP contribution in [0, 0.1) is 6.92 Å². The van der Waals surface area contributed by atoms with Crippen molar-refractivity contribution in [2.45, 2.75) is 44.0 Å². The smallest absolute Gasteiger partial charge is 0.255 e. The van der Waals surface area contributed by atoms with Gasteiger partial charge in [0.25, 0.3) is 5.91 Å². The molecule has 4 rings (SSSR count). The van der Waals surface area contributed by atoms with Crippen LogP contribution in [-0.2, 0) is 10.0 Å². The standard InChI is InChI=1S/C21H24N6O3S/c1-15-6-9-18(13-20(15)26-14-22-24-25-26)23-21(28)17-7-10-19(11-8-17)31(29,30)27-12-4-3-5-16(27)2/h6-11,13-14,16H,3-5,12H2,1-2H3,(H,23,28). The van der Waals surface area contributed by atoms with E-state index in [2.05, 4.69) is 20.8 Å². The Labute approximate surface area is 181 Å². The maximum absolute atomic E-state index is 13.0. The molecule has 1 unspecified atom stereocenters. The Morgan fingerprint density at radius 1 is 1.13 bits per heavy atom. The molecule has 31 heavy (non-hydrogen) atoms. The van der Waals surface area contributed by atoms with Crippen LogP contribution in [0.15, 0.2) is 53.7 Å². The first kappa shape index (κ1) is 21.1. The van der Waals surface area contributed by atoms with E-state index in [0.29, 0.717) is 17.8 Å². The zero-order chi connectivity index (χ0) is 22.0. The molecule has 1 saturated heterocycles. The Morgan fingerprint density at radius 3 is 2.58 bits per heavy atom. The first-order chi connectivity index (χ1) is 14.9. The predicted octanol–water partition coefficient (Wildman–Crippen LogP) is 2.79. The van der Waals surface area contributed by atoms with E-state index < -0.39 is 10.0 Å². The topological polar surface area (TPSA) is 110 Å². The fourth-order valence-electron chi connectivity index (χ4n) is 3.75. The molecule has 1 aliphatic rings. The summed E-state index contributed by atoms with van der Waals surface area (Å²) in [7, 11) is -3.57. The normalized spacial score (nSPS) is 17.4. The van der Waals surface area contributed by atoms with Gasteiger partial charge in [0, 0.05) is 23.8 Å². The Balaban J connectivity index is 1.51. The predicted molar refractivity (Wildman–Crippen MR) is 115 cm³/mol. The van der Waals surface area contributed by atoms with Gasteiger partial charge in [0.05, 0.1) is 10.6 Å². The maximum Gasteiger partial charge on any atom is 0.255 e. The van der Waals surface area contributed by atoms with Gasteiger partial charge in [-0.3, -0.25) is 4.79 Å². The summed E-state index contributed by atoms with van der Waals surface area (Å²) in [5.41, 5.74) is 2.65. The van der Waals surface area contributed by atoms with Crippen LogP contribution in [0.5, 0.6) is 0 Å². The van der Waals surface area contributed by atoms with Crippen molar-refractivity contribution < 1.29 is 13.2 Å². The minimum absolute atomic E-state index is 0.0161. The summed E-state index contributed by atoms with van der Waals surface area (Å²) in [5, 5.41) is 14.0. The number of sulfonamides is 1. The number of aryl methyl sites for hydroxylation is 1. The molecular weight excluding hydrogens is 416 g/mol. The lowest BCUT2D eigenvalue weighted by atomic mass is 10.1. The highest BCUT2D eigenvalue weighted by molar-refractivity contribution is 7.89. The van der Waals surface area contributed by atoms with E-state index in [0.717, 1.165) is 30.5 Å². The molecule has 1 aliphatic heterocycles. The molecule has 1 amide bonds. The van der Waals surface area contributed by atoms with Crippen molar-refractivity contribution in [1.82, 2.24) is 24.5 Å². The van der Waals surface area contributed by atoms with Crippen LogP contribution >= 0.6 is 0 Å². The lowest BCUT2D eigenvalue weighted by Crippen LogP contribution is -2.41. The Kier molecular flexibility index (Phi) is 5.84. The second kappa shape index (κ2) is 8.56. The third-order valence-corrected chi connectivity index (χ3v) is 7.56. The third kappa shape index (κ3) is 4.35. The highest BCUT2D eigenvalue weighted by Crippen LogP contribution is 2.25. The fraction of sp³-hybridized carbons (Fsp3) is 0.333. The molecule has 162 valence electrons. The van der Waals surface area contributed by atoms with Gasteiger partial charge in [-0.1, -0.05) is 12.5 Å². The zero-order valence-electron chi connectivity index (χ0n) is 17.4. The van der Waals surface area contributed by atoms with Gasteiger partial charge < -0.3 is 5.32 Å².